The molecule has 124 valence electrons. The Kier molecular flexibility index (Phi) is 4.36. The molecule has 3 rings (SSSR count). The first-order valence-electron chi connectivity index (χ1n) is 7.55. The zero-order chi connectivity index (χ0) is 16.4. The quantitative estimate of drug-likeness (QED) is 0.872. The highest BCUT2D eigenvalue weighted by atomic mass is 19.1. The molecule has 4 atom stereocenters. The number of halogens is 2. The van der Waals surface area contributed by atoms with Crippen molar-refractivity contribution in [3.63, 3.8) is 0 Å². The fraction of sp³-hybridized carbons (Fsp3) is 0.438. The van der Waals surface area contributed by atoms with Crippen LogP contribution in [0.25, 0.3) is 0 Å². The molecule has 0 spiro atoms. The van der Waals surface area contributed by atoms with Gasteiger partial charge in [0.15, 0.2) is 0 Å². The molecule has 0 amide bonds. The number of anilines is 1. The summed E-state index contributed by atoms with van der Waals surface area (Å²) in [6.07, 6.45) is 4.86. The molecule has 0 radical (unpaired) electrons. The lowest BCUT2D eigenvalue weighted by Crippen LogP contribution is -2.54. The van der Waals surface area contributed by atoms with Crippen molar-refractivity contribution in [1.29, 1.82) is 0 Å². The number of nitrogens with one attached hydrogen (secondary N) is 2. The molecule has 7 heteroatoms. The molecule has 1 aromatic carbocycles. The SMILES string of the molecule is CC(CF)Oc1cc(F)ccc1NC1N=CNC2C=CN(C)C21. The molecule has 0 aliphatic carbocycles. The number of aliphatic imine (C=N–C) groups is 1. The Morgan fingerprint density at radius 2 is 2.30 bits per heavy atom. The van der Waals surface area contributed by atoms with E-state index in [4.69, 9.17) is 4.74 Å². The minimum Gasteiger partial charge on any atom is -0.486 e. The van der Waals surface area contributed by atoms with Crippen LogP contribution in [0, 0.1) is 5.82 Å². The number of rotatable bonds is 5. The van der Waals surface area contributed by atoms with Gasteiger partial charge in [0.1, 0.15) is 30.5 Å². The van der Waals surface area contributed by atoms with Gasteiger partial charge in [-0.25, -0.2) is 13.8 Å². The minimum absolute atomic E-state index is 0.0940. The number of ether oxygens (including phenoxy) is 1. The van der Waals surface area contributed by atoms with Gasteiger partial charge < -0.3 is 20.3 Å². The van der Waals surface area contributed by atoms with Crippen molar-refractivity contribution >= 4 is 12.0 Å². The lowest BCUT2D eigenvalue weighted by molar-refractivity contribution is 0.182. The molecule has 5 nitrogen and oxygen atoms in total. The number of hydrogen-bond donors (Lipinski definition) is 2. The maximum absolute atomic E-state index is 13.5. The zero-order valence-corrected chi connectivity index (χ0v) is 13.0. The average Bonchev–Trinajstić information content (AvgIpc) is 2.92. The first-order valence-corrected chi connectivity index (χ1v) is 7.55. The van der Waals surface area contributed by atoms with Crippen molar-refractivity contribution < 1.29 is 13.5 Å². The zero-order valence-electron chi connectivity index (χ0n) is 13.0. The maximum Gasteiger partial charge on any atom is 0.145 e. The maximum atomic E-state index is 13.5. The van der Waals surface area contributed by atoms with Gasteiger partial charge in [0.25, 0.3) is 0 Å². The lowest BCUT2D eigenvalue weighted by Gasteiger charge is -2.35. The fourth-order valence-corrected chi connectivity index (χ4v) is 2.81. The highest BCUT2D eigenvalue weighted by molar-refractivity contribution is 5.62. The van der Waals surface area contributed by atoms with Crippen molar-refractivity contribution in [2.24, 2.45) is 4.99 Å². The van der Waals surface area contributed by atoms with E-state index in [1.54, 1.807) is 19.3 Å². The highest BCUT2D eigenvalue weighted by Gasteiger charge is 2.36. The van der Waals surface area contributed by atoms with Crippen LogP contribution in [0.5, 0.6) is 5.75 Å². The van der Waals surface area contributed by atoms with Gasteiger partial charge in [0, 0.05) is 13.1 Å². The number of fused-ring (bicyclic) bond motifs is 1. The van der Waals surface area contributed by atoms with E-state index >= 15 is 0 Å². The van der Waals surface area contributed by atoms with Gasteiger partial charge in [-0.05, 0) is 31.3 Å². The lowest BCUT2D eigenvalue weighted by atomic mass is 10.1. The second-order valence-electron chi connectivity index (χ2n) is 5.78. The van der Waals surface area contributed by atoms with Crippen LogP contribution < -0.4 is 15.4 Å². The third-order valence-corrected chi connectivity index (χ3v) is 3.98. The van der Waals surface area contributed by atoms with Crippen LogP contribution in [-0.2, 0) is 0 Å². The minimum atomic E-state index is -0.641. The molecule has 2 aliphatic rings. The van der Waals surface area contributed by atoms with Crippen molar-refractivity contribution in [3.05, 3.63) is 36.3 Å². The summed E-state index contributed by atoms with van der Waals surface area (Å²) in [6.45, 7) is 0.959. The predicted molar refractivity (Wildman–Crippen MR) is 86.0 cm³/mol. The second kappa shape index (κ2) is 6.44. The van der Waals surface area contributed by atoms with Crippen molar-refractivity contribution in [1.82, 2.24) is 10.2 Å². The predicted octanol–water partition coefficient (Wildman–Crippen LogP) is 2.13. The summed E-state index contributed by atoms with van der Waals surface area (Å²) in [5.74, 6) is -0.142. The standard InChI is InChI=1S/C16H20F2N4O/c1-10(8-17)23-14-7-11(18)3-4-12(14)21-16-15-13(19-9-20-16)5-6-22(15)2/h3-7,9-10,13,15-16,21H,8H2,1-2H3,(H,19,20). The molecule has 0 aromatic heterocycles. The van der Waals surface area contributed by atoms with Crippen molar-refractivity contribution in [2.75, 3.05) is 19.0 Å². The Morgan fingerprint density at radius 1 is 1.48 bits per heavy atom. The summed E-state index contributed by atoms with van der Waals surface area (Å²) in [5.41, 5.74) is 0.592. The van der Waals surface area contributed by atoms with Crippen LogP contribution >= 0.6 is 0 Å². The van der Waals surface area contributed by atoms with E-state index in [1.807, 2.05) is 13.2 Å². The molecule has 0 fully saturated rings. The molecule has 2 N–H and O–H groups in total. The fourth-order valence-electron chi connectivity index (χ4n) is 2.81. The van der Waals surface area contributed by atoms with Crippen LogP contribution in [0.2, 0.25) is 0 Å². The number of likely N-dealkylation sites (N-methyl/N-ethyl adjacent to an activating group) is 1. The monoisotopic (exact) mass is 322 g/mol. The molecule has 0 saturated carbocycles. The van der Waals surface area contributed by atoms with Crippen molar-refractivity contribution in [2.45, 2.75) is 31.3 Å². The Labute approximate surface area is 134 Å². The smallest absolute Gasteiger partial charge is 0.145 e. The summed E-state index contributed by atoms with van der Waals surface area (Å²) in [7, 11) is 1.98. The summed E-state index contributed by atoms with van der Waals surface area (Å²) < 4.78 is 31.7. The molecule has 23 heavy (non-hydrogen) atoms. The molecule has 2 heterocycles. The van der Waals surface area contributed by atoms with E-state index in [0.29, 0.717) is 5.69 Å². The molecule has 0 saturated heterocycles. The van der Waals surface area contributed by atoms with Gasteiger partial charge in [-0.15, -0.1) is 0 Å². The van der Waals surface area contributed by atoms with E-state index in [9.17, 15) is 8.78 Å². The van der Waals surface area contributed by atoms with Crippen LogP contribution in [0.4, 0.5) is 14.5 Å². The third kappa shape index (κ3) is 3.23. The first-order chi connectivity index (χ1) is 11.1. The Bertz CT molecular complexity index is 622. The van der Waals surface area contributed by atoms with E-state index in [0.717, 1.165) is 0 Å². The normalized spacial score (nSPS) is 26.6. The summed E-state index contributed by atoms with van der Waals surface area (Å²) in [4.78, 5) is 6.50. The summed E-state index contributed by atoms with van der Waals surface area (Å²) >= 11 is 0. The van der Waals surface area contributed by atoms with Gasteiger partial charge in [0.05, 0.1) is 24.1 Å². The van der Waals surface area contributed by atoms with Gasteiger partial charge in [-0.2, -0.15) is 0 Å². The number of alkyl halides is 1. The Morgan fingerprint density at radius 3 is 3.09 bits per heavy atom. The second-order valence-corrected chi connectivity index (χ2v) is 5.78. The Hall–Kier alpha value is -2.31. The highest BCUT2D eigenvalue weighted by Crippen LogP contribution is 2.30. The molecule has 2 aliphatic heterocycles. The van der Waals surface area contributed by atoms with Gasteiger partial charge in [-0.1, -0.05) is 0 Å². The third-order valence-electron chi connectivity index (χ3n) is 3.98. The van der Waals surface area contributed by atoms with E-state index in [2.05, 4.69) is 26.6 Å². The molecular formula is C16H20F2N4O. The average molecular weight is 322 g/mol. The van der Waals surface area contributed by atoms with E-state index < -0.39 is 18.6 Å². The molecule has 1 aromatic rings. The van der Waals surface area contributed by atoms with E-state index in [-0.39, 0.29) is 24.0 Å². The van der Waals surface area contributed by atoms with E-state index in [1.165, 1.54) is 12.1 Å². The van der Waals surface area contributed by atoms with Gasteiger partial charge >= 0.3 is 0 Å². The summed E-state index contributed by atoms with van der Waals surface area (Å²) in [5, 5.41) is 6.47. The Balaban J connectivity index is 1.82. The largest absolute Gasteiger partial charge is 0.486 e. The number of benzene rings is 1. The first kappa shape index (κ1) is 15.6. The molecule has 4 unspecified atom stereocenters. The van der Waals surface area contributed by atoms with Crippen molar-refractivity contribution in [3.8, 4) is 5.75 Å². The summed E-state index contributed by atoms with van der Waals surface area (Å²) in [6, 6.07) is 4.44. The van der Waals surface area contributed by atoms with Crippen LogP contribution in [0.3, 0.4) is 0 Å². The van der Waals surface area contributed by atoms with Crippen LogP contribution in [0.15, 0.2) is 35.5 Å². The number of nitrogens with zero attached hydrogens (tertiary/aromatic N) is 2. The van der Waals surface area contributed by atoms with Crippen LogP contribution in [0.1, 0.15) is 6.92 Å². The molecule has 0 bridgehead atoms. The topological polar surface area (TPSA) is 48.9 Å². The van der Waals surface area contributed by atoms with Gasteiger partial charge in [0.2, 0.25) is 0 Å². The van der Waals surface area contributed by atoms with Gasteiger partial charge in [-0.3, -0.25) is 0 Å². The van der Waals surface area contributed by atoms with Crippen LogP contribution in [-0.4, -0.2) is 49.3 Å². The molecular weight excluding hydrogens is 302 g/mol. The number of hydrogen-bond acceptors (Lipinski definition) is 5.